The van der Waals surface area contributed by atoms with Crippen molar-refractivity contribution in [2.45, 2.75) is 44.7 Å². The van der Waals surface area contributed by atoms with Crippen molar-refractivity contribution in [2.75, 3.05) is 51.2 Å². The van der Waals surface area contributed by atoms with Gasteiger partial charge in [0, 0.05) is 64.2 Å². The van der Waals surface area contributed by atoms with Crippen LogP contribution in [0, 0.1) is 0 Å². The van der Waals surface area contributed by atoms with Gasteiger partial charge in [-0.2, -0.15) is 4.52 Å². The average Bonchev–Trinajstić information content (AvgIpc) is 3.31. The minimum atomic E-state index is 0.0755. The number of hydrogen-bond donors (Lipinski definition) is 1. The van der Waals surface area contributed by atoms with Gasteiger partial charge in [-0.05, 0) is 44.5 Å². The molecule has 9 heteroatoms. The zero-order valence-electron chi connectivity index (χ0n) is 20.8. The molecule has 0 bridgehead atoms. The number of fused-ring (bicyclic) bond motifs is 1. The number of likely N-dealkylation sites (tertiary alicyclic amines) is 1. The molecule has 2 fully saturated rings. The fourth-order valence-electron chi connectivity index (χ4n) is 5.08. The van der Waals surface area contributed by atoms with Gasteiger partial charge < -0.3 is 15.1 Å². The van der Waals surface area contributed by atoms with Gasteiger partial charge in [0.2, 0.25) is 5.91 Å². The molecule has 1 unspecified atom stereocenters. The number of carbonyl (C=O) groups excluding carboxylic acids is 1. The minimum Gasteiger partial charge on any atom is -0.353 e. The molecule has 5 rings (SSSR count). The van der Waals surface area contributed by atoms with E-state index in [1.165, 1.54) is 5.56 Å². The molecule has 3 aromatic rings. The number of benzene rings is 1. The molecule has 9 nitrogen and oxygen atoms in total. The number of likely N-dealkylation sites (N-methyl/N-ethyl adjacent to an activating group) is 1. The topological polar surface area (TPSA) is 81.9 Å². The monoisotopic (exact) mass is 476 g/mol. The molecular formula is C26H36N8O. The zero-order valence-corrected chi connectivity index (χ0v) is 20.8. The number of piperazine rings is 1. The van der Waals surface area contributed by atoms with Crippen molar-refractivity contribution >= 4 is 17.4 Å². The van der Waals surface area contributed by atoms with Crippen LogP contribution in [0.15, 0.2) is 42.5 Å². The fraction of sp³-hybridized carbons (Fsp3) is 0.538. The van der Waals surface area contributed by atoms with E-state index in [4.69, 9.17) is 5.10 Å². The summed E-state index contributed by atoms with van der Waals surface area (Å²) in [4.78, 5) is 19.8. The third-order valence-corrected chi connectivity index (χ3v) is 7.44. The van der Waals surface area contributed by atoms with E-state index in [1.807, 2.05) is 12.1 Å². The van der Waals surface area contributed by atoms with Gasteiger partial charge in [-0.15, -0.1) is 15.3 Å². The van der Waals surface area contributed by atoms with Gasteiger partial charge in [0.25, 0.3) is 0 Å². The van der Waals surface area contributed by atoms with Crippen molar-refractivity contribution in [3.63, 3.8) is 0 Å². The molecule has 35 heavy (non-hydrogen) atoms. The second-order valence-electron chi connectivity index (χ2n) is 9.83. The van der Waals surface area contributed by atoms with Crippen LogP contribution in [0.4, 0.5) is 5.82 Å². The van der Waals surface area contributed by atoms with Crippen molar-refractivity contribution < 1.29 is 4.79 Å². The van der Waals surface area contributed by atoms with Crippen molar-refractivity contribution in [1.82, 2.24) is 34.9 Å². The fourth-order valence-corrected chi connectivity index (χ4v) is 5.08. The SMILES string of the molecule is CC(c1ccccc1)N1CCC(NC(=O)CCc2nnc3ccc(N4CCN(C)CC4)nn23)CC1. The molecule has 1 atom stereocenters. The molecule has 0 saturated carbocycles. The van der Waals surface area contributed by atoms with E-state index in [0.29, 0.717) is 18.9 Å². The Morgan fingerprint density at radius 2 is 1.74 bits per heavy atom. The Morgan fingerprint density at radius 1 is 1.00 bits per heavy atom. The van der Waals surface area contributed by atoms with Gasteiger partial charge >= 0.3 is 0 Å². The number of nitrogens with one attached hydrogen (secondary N) is 1. The molecule has 2 saturated heterocycles. The van der Waals surface area contributed by atoms with E-state index in [0.717, 1.165) is 69.4 Å². The number of rotatable bonds is 7. The molecule has 0 radical (unpaired) electrons. The molecule has 1 N–H and O–H groups in total. The molecule has 2 aromatic heterocycles. The smallest absolute Gasteiger partial charge is 0.220 e. The van der Waals surface area contributed by atoms with Crippen LogP contribution in [0.25, 0.3) is 5.65 Å². The molecule has 4 heterocycles. The highest BCUT2D eigenvalue weighted by atomic mass is 16.1. The number of aromatic nitrogens is 4. The Labute approximate surface area is 207 Å². The van der Waals surface area contributed by atoms with Gasteiger partial charge in [-0.25, -0.2) is 0 Å². The van der Waals surface area contributed by atoms with Gasteiger partial charge in [-0.1, -0.05) is 30.3 Å². The second-order valence-corrected chi connectivity index (χ2v) is 9.83. The minimum absolute atomic E-state index is 0.0755. The van der Waals surface area contributed by atoms with Crippen LogP contribution in [-0.4, -0.2) is 87.9 Å². The standard InChI is InChI=1S/C26H36N8O/c1-20(21-6-4-3-5-7-21)32-14-12-22(13-15-32)27-26(35)11-10-24-29-28-23-8-9-25(30-34(23)24)33-18-16-31(2)17-19-33/h3-9,20,22H,10-19H2,1-2H3,(H,27,35). The van der Waals surface area contributed by atoms with Crippen molar-refractivity contribution in [3.05, 3.63) is 53.9 Å². The predicted molar refractivity (Wildman–Crippen MR) is 136 cm³/mol. The van der Waals surface area contributed by atoms with E-state index in [1.54, 1.807) is 4.52 Å². The van der Waals surface area contributed by atoms with Gasteiger partial charge in [0.05, 0.1) is 0 Å². The van der Waals surface area contributed by atoms with Gasteiger partial charge in [-0.3, -0.25) is 9.69 Å². The van der Waals surface area contributed by atoms with E-state index in [-0.39, 0.29) is 11.9 Å². The summed E-state index contributed by atoms with van der Waals surface area (Å²) >= 11 is 0. The van der Waals surface area contributed by atoms with Crippen LogP contribution in [0.5, 0.6) is 0 Å². The second kappa shape index (κ2) is 10.7. The molecule has 2 aliphatic rings. The van der Waals surface area contributed by atoms with E-state index in [2.05, 4.69) is 74.5 Å². The number of amides is 1. The molecule has 0 spiro atoms. The Bertz CT molecular complexity index is 1120. The van der Waals surface area contributed by atoms with Crippen LogP contribution in [0.2, 0.25) is 0 Å². The normalized spacial score (nSPS) is 19.2. The molecule has 1 aromatic carbocycles. The summed E-state index contributed by atoms with van der Waals surface area (Å²) in [5.74, 6) is 1.75. The summed E-state index contributed by atoms with van der Waals surface area (Å²) < 4.78 is 1.80. The van der Waals surface area contributed by atoms with E-state index >= 15 is 0 Å². The van der Waals surface area contributed by atoms with Crippen LogP contribution in [0.1, 0.15) is 43.6 Å². The summed E-state index contributed by atoms with van der Waals surface area (Å²) in [6.45, 7) is 8.22. The maximum atomic E-state index is 12.7. The number of piperidine rings is 1. The van der Waals surface area contributed by atoms with E-state index < -0.39 is 0 Å². The molecule has 186 valence electrons. The maximum Gasteiger partial charge on any atom is 0.220 e. The lowest BCUT2D eigenvalue weighted by atomic mass is 10.00. The number of anilines is 1. The van der Waals surface area contributed by atoms with Crippen LogP contribution in [0.3, 0.4) is 0 Å². The van der Waals surface area contributed by atoms with Crippen LogP contribution in [-0.2, 0) is 11.2 Å². The quantitative estimate of drug-likeness (QED) is 0.560. The summed E-state index contributed by atoms with van der Waals surface area (Å²) in [6.07, 6.45) is 2.87. The van der Waals surface area contributed by atoms with Crippen molar-refractivity contribution in [3.8, 4) is 0 Å². The summed E-state index contributed by atoms with van der Waals surface area (Å²) in [6, 6.07) is 15.2. The van der Waals surface area contributed by atoms with Gasteiger partial charge in [0.1, 0.15) is 5.82 Å². The molecule has 2 aliphatic heterocycles. The highest BCUT2D eigenvalue weighted by Gasteiger charge is 2.24. The predicted octanol–water partition coefficient (Wildman–Crippen LogP) is 2.15. The average molecular weight is 477 g/mol. The molecular weight excluding hydrogens is 440 g/mol. The first kappa shape index (κ1) is 23.7. The number of aryl methyl sites for hydroxylation is 1. The Hall–Kier alpha value is -3.04. The van der Waals surface area contributed by atoms with Crippen molar-refractivity contribution in [2.24, 2.45) is 0 Å². The lowest BCUT2D eigenvalue weighted by Crippen LogP contribution is -2.45. The number of hydrogen-bond acceptors (Lipinski definition) is 7. The van der Waals surface area contributed by atoms with Gasteiger partial charge in [0.15, 0.2) is 11.5 Å². The highest BCUT2D eigenvalue weighted by molar-refractivity contribution is 5.76. The van der Waals surface area contributed by atoms with Crippen molar-refractivity contribution in [1.29, 1.82) is 0 Å². The highest BCUT2D eigenvalue weighted by Crippen LogP contribution is 2.24. The molecule has 0 aliphatic carbocycles. The molecule has 1 amide bonds. The largest absolute Gasteiger partial charge is 0.353 e. The third-order valence-electron chi connectivity index (χ3n) is 7.44. The van der Waals surface area contributed by atoms with Crippen LogP contribution >= 0.6 is 0 Å². The summed E-state index contributed by atoms with van der Waals surface area (Å²) in [5, 5.41) is 16.6. The number of nitrogens with zero attached hydrogens (tertiary/aromatic N) is 7. The first-order chi connectivity index (χ1) is 17.1. The first-order valence-corrected chi connectivity index (χ1v) is 12.8. The van der Waals surface area contributed by atoms with Crippen LogP contribution < -0.4 is 10.2 Å². The Kier molecular flexibility index (Phi) is 7.24. The number of carbonyl (C=O) groups is 1. The summed E-state index contributed by atoms with van der Waals surface area (Å²) in [5.41, 5.74) is 2.07. The lowest BCUT2D eigenvalue weighted by Gasteiger charge is -2.36. The Morgan fingerprint density at radius 3 is 2.49 bits per heavy atom. The third kappa shape index (κ3) is 5.62. The van der Waals surface area contributed by atoms with E-state index in [9.17, 15) is 4.79 Å². The Balaban J connectivity index is 1.12. The zero-order chi connectivity index (χ0) is 24.2. The lowest BCUT2D eigenvalue weighted by molar-refractivity contribution is -0.122. The summed E-state index contributed by atoms with van der Waals surface area (Å²) in [7, 11) is 2.14. The first-order valence-electron chi connectivity index (χ1n) is 12.8. The maximum absolute atomic E-state index is 12.7.